The van der Waals surface area contributed by atoms with E-state index in [1.807, 2.05) is 24.3 Å². The van der Waals surface area contributed by atoms with Crippen LogP contribution in [0.4, 0.5) is 11.4 Å². The summed E-state index contributed by atoms with van der Waals surface area (Å²) < 4.78 is 1.24. The quantitative estimate of drug-likeness (QED) is 0.197. The zero-order valence-electron chi connectivity index (χ0n) is 15.2. The van der Waals surface area contributed by atoms with E-state index in [2.05, 4.69) is 21.2 Å². The highest BCUT2D eigenvalue weighted by Gasteiger charge is 2.32. The Balaban J connectivity index is 1.61. The number of phenols is 1. The molecule has 1 heterocycles. The highest BCUT2D eigenvalue weighted by molar-refractivity contribution is 9.10. The number of carbonyl (C=O) groups is 2. The third-order valence-electron chi connectivity index (χ3n) is 4.05. The van der Waals surface area contributed by atoms with Crippen molar-refractivity contribution < 1.29 is 19.6 Å². The van der Waals surface area contributed by atoms with Crippen molar-refractivity contribution in [1.82, 2.24) is 4.90 Å². The molecule has 1 aliphatic heterocycles. The first-order chi connectivity index (χ1) is 14.2. The molecule has 0 aliphatic carbocycles. The number of nitrogens with zero attached hydrogens (tertiary/aromatic N) is 2. The number of rotatable bonds is 6. The minimum atomic E-state index is -0.651. The van der Waals surface area contributed by atoms with Crippen molar-refractivity contribution in [2.45, 2.75) is 6.42 Å². The molecule has 2 amide bonds. The van der Waals surface area contributed by atoms with Crippen LogP contribution in [0.3, 0.4) is 0 Å². The van der Waals surface area contributed by atoms with Crippen molar-refractivity contribution in [3.05, 3.63) is 67.5 Å². The first-order valence-electron chi connectivity index (χ1n) is 8.53. The van der Waals surface area contributed by atoms with Crippen LogP contribution in [0.1, 0.15) is 12.0 Å². The molecule has 0 bridgehead atoms. The summed E-state index contributed by atoms with van der Waals surface area (Å²) in [5, 5.41) is 23.0. The average Bonchev–Trinajstić information content (AvgIpc) is 2.94. The summed E-state index contributed by atoms with van der Waals surface area (Å²) in [5.74, 6) is -1.17. The molecule has 1 fully saturated rings. The monoisotopic (exact) mass is 507 g/mol. The molecule has 0 atom stereocenters. The molecule has 2 N–H and O–H groups in total. The zero-order valence-corrected chi connectivity index (χ0v) is 18.4. The Morgan fingerprint density at radius 2 is 2.10 bits per heavy atom. The molecule has 2 aromatic carbocycles. The summed E-state index contributed by atoms with van der Waals surface area (Å²) >= 11 is 9.80. The van der Waals surface area contributed by atoms with E-state index >= 15 is 0 Å². The second-order valence-corrected chi connectivity index (χ2v) is 8.74. The number of halogens is 1. The van der Waals surface area contributed by atoms with Crippen LogP contribution in [0.25, 0.3) is 6.08 Å². The standard InChI is InChI=1S/C19H14BrN3O5S2/c20-12-3-1-2-11(8-12)9-16-18(26)22(19(29)30-16)7-6-17(25)21-14-5-4-13(23(27)28)10-15(14)24/h1-5,8-10,24H,6-7H2,(H,21,25). The van der Waals surface area contributed by atoms with Crippen LogP contribution in [-0.4, -0.2) is 37.6 Å². The lowest BCUT2D eigenvalue weighted by atomic mass is 10.2. The highest BCUT2D eigenvalue weighted by atomic mass is 79.9. The molecule has 154 valence electrons. The van der Waals surface area contributed by atoms with Gasteiger partial charge in [0.05, 0.1) is 21.6 Å². The van der Waals surface area contributed by atoms with Gasteiger partial charge in [-0.1, -0.05) is 52.0 Å². The number of nitrogens with one attached hydrogen (secondary N) is 1. The number of hydrogen-bond acceptors (Lipinski definition) is 7. The lowest BCUT2D eigenvalue weighted by molar-refractivity contribution is -0.384. The first-order valence-corrected chi connectivity index (χ1v) is 10.5. The number of anilines is 1. The molecule has 8 nitrogen and oxygen atoms in total. The molecular weight excluding hydrogens is 494 g/mol. The Labute approximate surface area is 189 Å². The van der Waals surface area contributed by atoms with Crippen LogP contribution < -0.4 is 5.32 Å². The molecule has 2 aromatic rings. The number of benzene rings is 2. The van der Waals surface area contributed by atoms with E-state index in [1.54, 1.807) is 6.08 Å². The largest absolute Gasteiger partial charge is 0.506 e. The van der Waals surface area contributed by atoms with Gasteiger partial charge in [0.1, 0.15) is 10.1 Å². The second kappa shape index (κ2) is 9.37. The number of amides is 2. The Bertz CT molecular complexity index is 1090. The fraction of sp³-hybridized carbons (Fsp3) is 0.105. The van der Waals surface area contributed by atoms with Gasteiger partial charge in [0.25, 0.3) is 11.6 Å². The number of hydrogen-bond donors (Lipinski definition) is 2. The summed E-state index contributed by atoms with van der Waals surface area (Å²) in [6.45, 7) is 0.0695. The van der Waals surface area contributed by atoms with Crippen molar-refractivity contribution in [3.63, 3.8) is 0 Å². The van der Waals surface area contributed by atoms with Crippen LogP contribution in [-0.2, 0) is 9.59 Å². The minimum absolute atomic E-state index is 0.0468. The second-order valence-electron chi connectivity index (χ2n) is 6.15. The number of nitro groups is 1. The normalized spacial score (nSPS) is 15.0. The van der Waals surface area contributed by atoms with Gasteiger partial charge in [0.2, 0.25) is 5.91 Å². The van der Waals surface area contributed by atoms with Gasteiger partial charge < -0.3 is 10.4 Å². The fourth-order valence-electron chi connectivity index (χ4n) is 2.61. The lowest BCUT2D eigenvalue weighted by Gasteiger charge is -2.14. The number of aromatic hydroxyl groups is 1. The third kappa shape index (κ3) is 5.23. The maximum Gasteiger partial charge on any atom is 0.273 e. The molecule has 11 heteroatoms. The van der Waals surface area contributed by atoms with Gasteiger partial charge in [-0.3, -0.25) is 24.6 Å². The van der Waals surface area contributed by atoms with E-state index in [-0.39, 0.29) is 30.2 Å². The van der Waals surface area contributed by atoms with Crippen LogP contribution in [0, 0.1) is 10.1 Å². The molecule has 0 saturated carbocycles. The van der Waals surface area contributed by atoms with Gasteiger partial charge in [0.15, 0.2) is 0 Å². The zero-order chi connectivity index (χ0) is 21.8. The van der Waals surface area contributed by atoms with Crippen molar-refractivity contribution in [1.29, 1.82) is 0 Å². The molecule has 30 heavy (non-hydrogen) atoms. The number of phenolic OH excluding ortho intramolecular Hbond substituents is 1. The van der Waals surface area contributed by atoms with E-state index in [0.717, 1.165) is 27.9 Å². The molecule has 0 aromatic heterocycles. The number of carbonyl (C=O) groups excluding carboxylic acids is 2. The van der Waals surface area contributed by atoms with Crippen LogP contribution in [0.2, 0.25) is 0 Å². The molecule has 0 spiro atoms. The maximum atomic E-state index is 12.6. The predicted molar refractivity (Wildman–Crippen MR) is 122 cm³/mol. The van der Waals surface area contributed by atoms with E-state index in [0.29, 0.717) is 9.23 Å². The Hall–Kier alpha value is -2.76. The van der Waals surface area contributed by atoms with E-state index in [1.165, 1.54) is 17.0 Å². The van der Waals surface area contributed by atoms with E-state index < -0.39 is 16.6 Å². The maximum absolute atomic E-state index is 12.6. The number of thiocarbonyl (C=S) groups is 1. The summed E-state index contributed by atoms with van der Waals surface area (Å²) in [4.78, 5) is 36.7. The summed E-state index contributed by atoms with van der Waals surface area (Å²) in [6, 6.07) is 10.8. The van der Waals surface area contributed by atoms with Crippen LogP contribution in [0.5, 0.6) is 5.75 Å². The van der Waals surface area contributed by atoms with Gasteiger partial charge in [-0.2, -0.15) is 0 Å². The molecule has 0 radical (unpaired) electrons. The summed E-state index contributed by atoms with van der Waals surface area (Å²) in [7, 11) is 0. The molecular formula is C19H14BrN3O5S2. The van der Waals surface area contributed by atoms with Gasteiger partial charge in [0, 0.05) is 23.5 Å². The van der Waals surface area contributed by atoms with Crippen LogP contribution in [0.15, 0.2) is 51.8 Å². The lowest BCUT2D eigenvalue weighted by Crippen LogP contribution is -2.31. The van der Waals surface area contributed by atoms with E-state index in [4.69, 9.17) is 12.2 Å². The van der Waals surface area contributed by atoms with Gasteiger partial charge in [-0.25, -0.2) is 0 Å². The predicted octanol–water partition coefficient (Wildman–Crippen LogP) is 4.29. The van der Waals surface area contributed by atoms with Crippen molar-refractivity contribution >= 4 is 73.5 Å². The number of thioether (sulfide) groups is 1. The highest BCUT2D eigenvalue weighted by Crippen LogP contribution is 2.33. The summed E-state index contributed by atoms with van der Waals surface area (Å²) in [6.07, 6.45) is 1.67. The Morgan fingerprint density at radius 1 is 1.33 bits per heavy atom. The van der Waals surface area contributed by atoms with Crippen molar-refractivity contribution in [2.75, 3.05) is 11.9 Å². The number of non-ortho nitro benzene ring substituents is 1. The molecule has 1 saturated heterocycles. The van der Waals surface area contributed by atoms with Crippen LogP contribution >= 0.6 is 39.9 Å². The van der Waals surface area contributed by atoms with Crippen molar-refractivity contribution in [3.8, 4) is 5.75 Å². The van der Waals surface area contributed by atoms with Gasteiger partial charge in [-0.15, -0.1) is 0 Å². The molecule has 3 rings (SSSR count). The third-order valence-corrected chi connectivity index (χ3v) is 5.92. The minimum Gasteiger partial charge on any atom is -0.506 e. The SMILES string of the molecule is O=C(CCN1C(=O)C(=Cc2cccc(Br)c2)SC1=S)Nc1ccc([N+](=O)[O-])cc1O. The fourth-order valence-corrected chi connectivity index (χ4v) is 4.33. The summed E-state index contributed by atoms with van der Waals surface area (Å²) in [5.41, 5.74) is 0.599. The first kappa shape index (κ1) is 21.9. The Kier molecular flexibility index (Phi) is 6.85. The topological polar surface area (TPSA) is 113 Å². The average molecular weight is 508 g/mol. The van der Waals surface area contributed by atoms with E-state index in [9.17, 15) is 24.8 Å². The molecule has 1 aliphatic rings. The number of nitro benzene ring substituents is 1. The smallest absolute Gasteiger partial charge is 0.273 e. The molecule has 0 unspecified atom stereocenters. The van der Waals surface area contributed by atoms with Gasteiger partial charge >= 0.3 is 0 Å². The van der Waals surface area contributed by atoms with Gasteiger partial charge in [-0.05, 0) is 29.8 Å². The van der Waals surface area contributed by atoms with Crippen molar-refractivity contribution in [2.24, 2.45) is 0 Å². The Morgan fingerprint density at radius 3 is 2.77 bits per heavy atom.